The summed E-state index contributed by atoms with van der Waals surface area (Å²) in [6.45, 7) is 0.902. The van der Waals surface area contributed by atoms with Gasteiger partial charge in [-0.3, -0.25) is 4.79 Å². The molecule has 2 aliphatic rings. The van der Waals surface area contributed by atoms with Crippen LogP contribution in [-0.2, 0) is 11.2 Å². The highest BCUT2D eigenvalue weighted by atomic mass is 16.5. The van der Waals surface area contributed by atoms with E-state index in [0.29, 0.717) is 18.2 Å². The van der Waals surface area contributed by atoms with E-state index in [0.717, 1.165) is 25.1 Å². The van der Waals surface area contributed by atoms with Crippen molar-refractivity contribution in [1.29, 1.82) is 0 Å². The first-order valence-electron chi connectivity index (χ1n) is 6.61. The number of ketones is 1. The molecule has 18 heavy (non-hydrogen) atoms. The van der Waals surface area contributed by atoms with Gasteiger partial charge in [-0.2, -0.15) is 0 Å². The lowest BCUT2D eigenvalue weighted by Crippen LogP contribution is -2.48. The lowest BCUT2D eigenvalue weighted by Gasteiger charge is -2.42. The topological polar surface area (TPSA) is 29.5 Å². The third-order valence-corrected chi connectivity index (χ3v) is 4.42. The van der Waals surface area contributed by atoms with Gasteiger partial charge >= 0.3 is 0 Å². The second-order valence-electron chi connectivity index (χ2n) is 5.31. The lowest BCUT2D eigenvalue weighted by molar-refractivity contribution is -0.125. The minimum atomic E-state index is 0.0580. The molecule has 0 aromatic heterocycles. The fourth-order valence-electron chi connectivity index (χ4n) is 3.47. The van der Waals surface area contributed by atoms with E-state index in [1.54, 1.807) is 7.11 Å². The molecule has 0 N–H and O–H groups in total. The summed E-state index contributed by atoms with van der Waals surface area (Å²) in [5.41, 5.74) is 2.44. The number of rotatable bonds is 1. The zero-order valence-electron chi connectivity index (χ0n) is 11.0. The van der Waals surface area contributed by atoms with E-state index in [2.05, 4.69) is 18.0 Å². The molecule has 1 aromatic carbocycles. The zero-order chi connectivity index (χ0) is 12.7. The summed E-state index contributed by atoms with van der Waals surface area (Å²) in [4.78, 5) is 14.6. The van der Waals surface area contributed by atoms with Crippen molar-refractivity contribution in [3.05, 3.63) is 29.3 Å². The standard InChI is InChI=1S/C15H19NO2/c1-16-9-8-13(17)15-11-4-3-5-14(18-2)10(11)6-7-12(15)16/h3-5,12,15H,6-9H2,1-2H3. The van der Waals surface area contributed by atoms with Gasteiger partial charge in [0.1, 0.15) is 11.5 Å². The molecule has 0 radical (unpaired) electrons. The molecular formula is C15H19NO2. The molecule has 2 unspecified atom stereocenters. The van der Waals surface area contributed by atoms with E-state index >= 15 is 0 Å². The highest BCUT2D eigenvalue weighted by molar-refractivity contribution is 5.88. The van der Waals surface area contributed by atoms with E-state index in [-0.39, 0.29) is 5.92 Å². The van der Waals surface area contributed by atoms with E-state index < -0.39 is 0 Å². The van der Waals surface area contributed by atoms with E-state index in [9.17, 15) is 4.79 Å². The van der Waals surface area contributed by atoms with Crippen LogP contribution in [0.2, 0.25) is 0 Å². The van der Waals surface area contributed by atoms with Gasteiger partial charge in [0.15, 0.2) is 0 Å². The molecule has 1 aromatic rings. The highest BCUT2D eigenvalue weighted by Gasteiger charge is 2.40. The number of likely N-dealkylation sites (tertiary alicyclic amines) is 1. The monoisotopic (exact) mass is 245 g/mol. The van der Waals surface area contributed by atoms with Gasteiger partial charge in [-0.15, -0.1) is 0 Å². The molecule has 2 atom stereocenters. The van der Waals surface area contributed by atoms with Crippen LogP contribution in [0.25, 0.3) is 0 Å². The van der Waals surface area contributed by atoms with Gasteiger partial charge in [0, 0.05) is 19.0 Å². The second-order valence-corrected chi connectivity index (χ2v) is 5.31. The number of ether oxygens (including phenoxy) is 1. The summed E-state index contributed by atoms with van der Waals surface area (Å²) >= 11 is 0. The number of benzene rings is 1. The van der Waals surface area contributed by atoms with Crippen molar-refractivity contribution in [2.75, 3.05) is 20.7 Å². The van der Waals surface area contributed by atoms with E-state index in [4.69, 9.17) is 4.74 Å². The van der Waals surface area contributed by atoms with E-state index in [1.807, 2.05) is 12.1 Å². The first kappa shape index (κ1) is 11.7. The highest BCUT2D eigenvalue weighted by Crippen LogP contribution is 2.41. The molecule has 1 saturated heterocycles. The Morgan fingerprint density at radius 1 is 1.33 bits per heavy atom. The first-order valence-corrected chi connectivity index (χ1v) is 6.61. The van der Waals surface area contributed by atoms with Crippen LogP contribution in [0.3, 0.4) is 0 Å². The van der Waals surface area contributed by atoms with Crippen LogP contribution in [0.4, 0.5) is 0 Å². The maximum atomic E-state index is 12.3. The van der Waals surface area contributed by atoms with Gasteiger partial charge in [0.05, 0.1) is 13.0 Å². The number of carbonyl (C=O) groups excluding carboxylic acids is 1. The number of likely N-dealkylation sites (N-methyl/N-ethyl adjacent to an activating group) is 1. The largest absolute Gasteiger partial charge is 0.496 e. The summed E-state index contributed by atoms with van der Waals surface area (Å²) in [5, 5.41) is 0. The Kier molecular flexibility index (Phi) is 2.86. The van der Waals surface area contributed by atoms with Gasteiger partial charge in [-0.1, -0.05) is 12.1 Å². The molecule has 3 rings (SSSR count). The van der Waals surface area contributed by atoms with E-state index in [1.165, 1.54) is 11.1 Å². The van der Waals surface area contributed by atoms with Crippen molar-refractivity contribution in [2.24, 2.45) is 0 Å². The van der Waals surface area contributed by atoms with Crippen LogP contribution >= 0.6 is 0 Å². The number of nitrogens with zero attached hydrogens (tertiary/aromatic N) is 1. The van der Waals surface area contributed by atoms with Crippen molar-refractivity contribution in [2.45, 2.75) is 31.2 Å². The minimum Gasteiger partial charge on any atom is -0.496 e. The van der Waals surface area contributed by atoms with Crippen molar-refractivity contribution >= 4 is 5.78 Å². The maximum Gasteiger partial charge on any atom is 0.143 e. The summed E-state index contributed by atoms with van der Waals surface area (Å²) in [5.74, 6) is 1.39. The van der Waals surface area contributed by atoms with Crippen LogP contribution in [0.5, 0.6) is 5.75 Å². The molecule has 1 aliphatic heterocycles. The molecular weight excluding hydrogens is 226 g/mol. The summed E-state index contributed by atoms with van der Waals surface area (Å²) in [6.07, 6.45) is 2.74. The molecule has 0 amide bonds. The number of hydrogen-bond acceptors (Lipinski definition) is 3. The van der Waals surface area contributed by atoms with Gasteiger partial charge in [-0.05, 0) is 37.1 Å². The van der Waals surface area contributed by atoms with Crippen molar-refractivity contribution in [1.82, 2.24) is 4.90 Å². The molecule has 1 aliphatic carbocycles. The van der Waals surface area contributed by atoms with Gasteiger partial charge in [0.25, 0.3) is 0 Å². The Hall–Kier alpha value is -1.35. The molecule has 1 fully saturated rings. The van der Waals surface area contributed by atoms with Crippen LogP contribution in [0.1, 0.15) is 29.9 Å². The number of methoxy groups -OCH3 is 1. The van der Waals surface area contributed by atoms with Crippen molar-refractivity contribution in [3.8, 4) is 5.75 Å². The smallest absolute Gasteiger partial charge is 0.143 e. The Bertz CT molecular complexity index is 483. The summed E-state index contributed by atoms with van der Waals surface area (Å²) < 4.78 is 5.43. The average Bonchev–Trinajstić information content (AvgIpc) is 2.41. The van der Waals surface area contributed by atoms with Crippen LogP contribution in [0, 0.1) is 0 Å². The van der Waals surface area contributed by atoms with Gasteiger partial charge in [0.2, 0.25) is 0 Å². The number of carbonyl (C=O) groups is 1. The molecule has 0 saturated carbocycles. The van der Waals surface area contributed by atoms with Crippen molar-refractivity contribution in [3.63, 3.8) is 0 Å². The molecule has 0 bridgehead atoms. The quantitative estimate of drug-likeness (QED) is 0.758. The Balaban J connectivity index is 2.08. The predicted octanol–water partition coefficient (Wildman–Crippen LogP) is 2.00. The number of hydrogen-bond donors (Lipinski definition) is 0. The summed E-state index contributed by atoms with van der Waals surface area (Å²) in [6, 6.07) is 6.48. The molecule has 3 nitrogen and oxygen atoms in total. The lowest BCUT2D eigenvalue weighted by atomic mass is 9.73. The fraction of sp³-hybridized carbons (Fsp3) is 0.533. The molecule has 3 heteroatoms. The third-order valence-electron chi connectivity index (χ3n) is 4.42. The fourth-order valence-corrected chi connectivity index (χ4v) is 3.47. The SMILES string of the molecule is COc1cccc2c1CCC1C2C(=O)CCN1C. The Morgan fingerprint density at radius 3 is 2.94 bits per heavy atom. The Morgan fingerprint density at radius 2 is 2.17 bits per heavy atom. The minimum absolute atomic E-state index is 0.0580. The first-order chi connectivity index (χ1) is 8.72. The third kappa shape index (κ3) is 1.65. The molecule has 1 heterocycles. The molecule has 0 spiro atoms. The number of fused-ring (bicyclic) bond motifs is 3. The predicted molar refractivity (Wildman–Crippen MR) is 70.1 cm³/mol. The Labute approximate surface area is 108 Å². The van der Waals surface area contributed by atoms with Crippen molar-refractivity contribution < 1.29 is 9.53 Å². The summed E-state index contributed by atoms with van der Waals surface area (Å²) in [7, 11) is 3.84. The maximum absolute atomic E-state index is 12.3. The number of Topliss-reactive ketones (excluding diaryl/α,β-unsaturated/α-hetero) is 1. The van der Waals surface area contributed by atoms with Crippen LogP contribution < -0.4 is 4.74 Å². The van der Waals surface area contributed by atoms with Gasteiger partial charge in [-0.25, -0.2) is 0 Å². The van der Waals surface area contributed by atoms with Gasteiger partial charge < -0.3 is 9.64 Å². The molecule has 96 valence electrons. The van der Waals surface area contributed by atoms with Crippen LogP contribution in [0.15, 0.2) is 18.2 Å². The zero-order valence-corrected chi connectivity index (χ0v) is 11.0. The second kappa shape index (κ2) is 4.39. The normalized spacial score (nSPS) is 27.6. The average molecular weight is 245 g/mol. The van der Waals surface area contributed by atoms with Crippen LogP contribution in [-0.4, -0.2) is 37.4 Å². The number of piperidine rings is 1.